The van der Waals surface area contributed by atoms with Crippen LogP contribution in [0, 0.1) is 11.3 Å². The fraction of sp³-hybridized carbons (Fsp3) is 0.846. The van der Waals surface area contributed by atoms with E-state index < -0.39 is 5.41 Å². The van der Waals surface area contributed by atoms with Crippen LogP contribution >= 0.6 is 12.6 Å². The van der Waals surface area contributed by atoms with Gasteiger partial charge in [0.15, 0.2) is 0 Å². The summed E-state index contributed by atoms with van der Waals surface area (Å²) in [6.07, 6.45) is 1.04. The molecule has 0 rings (SSSR count). The monoisotopic (exact) mass is 276 g/mol. The van der Waals surface area contributed by atoms with Crippen molar-refractivity contribution in [3.63, 3.8) is 0 Å². The number of rotatable bonds is 8. The topological polar surface area (TPSA) is 52.6 Å². The Kier molecular flexibility index (Phi) is 8.07. The van der Waals surface area contributed by atoms with Crippen molar-refractivity contribution in [2.75, 3.05) is 19.0 Å². The normalized spacial score (nSPS) is 12.9. The van der Waals surface area contributed by atoms with Gasteiger partial charge in [0.2, 0.25) is 0 Å². The molecule has 0 aromatic carbocycles. The molecule has 0 aromatic rings. The summed E-state index contributed by atoms with van der Waals surface area (Å²) in [6, 6.07) is 0. The van der Waals surface area contributed by atoms with Gasteiger partial charge in [0, 0.05) is 11.7 Å². The molecule has 0 saturated heterocycles. The highest BCUT2D eigenvalue weighted by atomic mass is 32.1. The van der Waals surface area contributed by atoms with Gasteiger partial charge in [0.1, 0.15) is 0 Å². The van der Waals surface area contributed by atoms with Gasteiger partial charge in [-0.25, -0.2) is 0 Å². The first-order chi connectivity index (χ1) is 8.33. The number of esters is 2. The van der Waals surface area contributed by atoms with E-state index in [0.717, 1.165) is 6.42 Å². The zero-order valence-electron chi connectivity index (χ0n) is 11.7. The minimum Gasteiger partial charge on any atom is -0.465 e. The van der Waals surface area contributed by atoms with Crippen molar-refractivity contribution < 1.29 is 19.1 Å². The number of ether oxygens (including phenoxy) is 2. The molecule has 18 heavy (non-hydrogen) atoms. The van der Waals surface area contributed by atoms with Crippen LogP contribution in [0.2, 0.25) is 0 Å². The summed E-state index contributed by atoms with van der Waals surface area (Å²) < 4.78 is 10.2. The average molecular weight is 276 g/mol. The molecule has 106 valence electrons. The molecule has 0 bridgehead atoms. The maximum atomic E-state index is 11.7. The van der Waals surface area contributed by atoms with Gasteiger partial charge < -0.3 is 9.47 Å². The van der Waals surface area contributed by atoms with E-state index in [0.29, 0.717) is 12.2 Å². The number of thiol groups is 1. The largest absolute Gasteiger partial charge is 0.465 e. The van der Waals surface area contributed by atoms with E-state index in [1.807, 2.05) is 27.7 Å². The van der Waals surface area contributed by atoms with Crippen LogP contribution in [-0.2, 0) is 19.1 Å². The molecular weight excluding hydrogens is 252 g/mol. The minimum atomic E-state index is -0.456. The summed E-state index contributed by atoms with van der Waals surface area (Å²) in [4.78, 5) is 22.8. The summed E-state index contributed by atoms with van der Waals surface area (Å²) in [5.41, 5.74) is -0.456. The van der Waals surface area contributed by atoms with Crippen molar-refractivity contribution in [2.24, 2.45) is 11.3 Å². The molecule has 0 aromatic heterocycles. The van der Waals surface area contributed by atoms with Crippen molar-refractivity contribution in [3.8, 4) is 0 Å². The minimum absolute atomic E-state index is 0.00507. The molecule has 0 aliphatic heterocycles. The predicted molar refractivity (Wildman–Crippen MR) is 73.6 cm³/mol. The molecule has 0 aliphatic carbocycles. The van der Waals surface area contributed by atoms with Gasteiger partial charge in [0.25, 0.3) is 0 Å². The quantitative estimate of drug-likeness (QED) is 0.546. The van der Waals surface area contributed by atoms with E-state index in [1.54, 1.807) is 0 Å². The smallest absolute Gasteiger partial charge is 0.311 e. The van der Waals surface area contributed by atoms with Gasteiger partial charge in [-0.15, -0.1) is 0 Å². The first-order valence-corrected chi connectivity index (χ1v) is 6.90. The molecule has 1 atom stereocenters. The van der Waals surface area contributed by atoms with Crippen molar-refractivity contribution in [3.05, 3.63) is 0 Å². The Morgan fingerprint density at radius 1 is 1.22 bits per heavy atom. The first-order valence-electron chi connectivity index (χ1n) is 6.27. The third kappa shape index (κ3) is 6.89. The molecule has 0 radical (unpaired) electrons. The van der Waals surface area contributed by atoms with Crippen LogP contribution in [0.15, 0.2) is 0 Å². The SMILES string of the molecule is CCC(C)(C)C(=O)OCC(C)COC(=O)CCS. The van der Waals surface area contributed by atoms with Crippen LogP contribution in [0.5, 0.6) is 0 Å². The zero-order chi connectivity index (χ0) is 14.2. The Bertz CT molecular complexity index is 276. The Hall–Kier alpha value is -0.710. The third-order valence-corrected chi connectivity index (χ3v) is 3.00. The van der Waals surface area contributed by atoms with Crippen molar-refractivity contribution >= 4 is 24.6 Å². The van der Waals surface area contributed by atoms with Crippen LogP contribution in [0.3, 0.4) is 0 Å². The lowest BCUT2D eigenvalue weighted by molar-refractivity contribution is -0.156. The lowest BCUT2D eigenvalue weighted by Crippen LogP contribution is -2.28. The van der Waals surface area contributed by atoms with Crippen LogP contribution in [0.25, 0.3) is 0 Å². The van der Waals surface area contributed by atoms with Crippen molar-refractivity contribution in [1.82, 2.24) is 0 Å². The second-order valence-corrected chi connectivity index (χ2v) is 5.54. The maximum absolute atomic E-state index is 11.7. The third-order valence-electron chi connectivity index (χ3n) is 2.78. The van der Waals surface area contributed by atoms with Gasteiger partial charge in [-0.2, -0.15) is 12.6 Å². The molecule has 0 saturated carbocycles. The Morgan fingerprint density at radius 3 is 2.28 bits per heavy atom. The van der Waals surface area contributed by atoms with E-state index in [2.05, 4.69) is 12.6 Å². The number of carbonyl (C=O) groups is 2. The van der Waals surface area contributed by atoms with Crippen molar-refractivity contribution in [2.45, 2.75) is 40.5 Å². The molecule has 0 amide bonds. The Morgan fingerprint density at radius 2 is 1.78 bits per heavy atom. The summed E-state index contributed by atoms with van der Waals surface area (Å²) in [6.45, 7) is 8.08. The predicted octanol–water partition coefficient (Wildman–Crippen LogP) is 2.47. The molecule has 0 fully saturated rings. The summed E-state index contributed by atoms with van der Waals surface area (Å²) >= 11 is 3.94. The van der Waals surface area contributed by atoms with Crippen LogP contribution in [0.1, 0.15) is 40.5 Å². The molecule has 0 heterocycles. The second-order valence-electron chi connectivity index (χ2n) is 5.10. The van der Waals surface area contributed by atoms with Crippen LogP contribution in [0.4, 0.5) is 0 Å². The molecule has 1 unspecified atom stereocenters. The lowest BCUT2D eigenvalue weighted by Gasteiger charge is -2.21. The molecular formula is C13H24O4S. The van der Waals surface area contributed by atoms with E-state index in [9.17, 15) is 9.59 Å². The van der Waals surface area contributed by atoms with Crippen molar-refractivity contribution in [1.29, 1.82) is 0 Å². The van der Waals surface area contributed by atoms with Gasteiger partial charge in [0.05, 0.1) is 25.0 Å². The zero-order valence-corrected chi connectivity index (χ0v) is 12.6. The molecule has 5 heteroatoms. The standard InChI is InChI=1S/C13H24O4S/c1-5-13(3,4)12(15)17-9-10(2)8-16-11(14)6-7-18/h10,18H,5-9H2,1-4H3. The van der Waals surface area contributed by atoms with Gasteiger partial charge in [-0.3, -0.25) is 9.59 Å². The fourth-order valence-corrected chi connectivity index (χ4v) is 1.19. The van der Waals surface area contributed by atoms with Crippen LogP contribution < -0.4 is 0 Å². The summed E-state index contributed by atoms with van der Waals surface area (Å²) in [5.74, 6) is 0.00783. The summed E-state index contributed by atoms with van der Waals surface area (Å²) in [5, 5.41) is 0. The molecule has 0 aliphatic rings. The molecule has 0 N–H and O–H groups in total. The summed E-state index contributed by atoms with van der Waals surface area (Å²) in [7, 11) is 0. The van der Waals surface area contributed by atoms with E-state index >= 15 is 0 Å². The number of hydrogen-bond acceptors (Lipinski definition) is 5. The lowest BCUT2D eigenvalue weighted by atomic mass is 9.91. The Labute approximate surface area is 115 Å². The van der Waals surface area contributed by atoms with Gasteiger partial charge in [-0.05, 0) is 20.3 Å². The molecule has 4 nitrogen and oxygen atoms in total. The first kappa shape index (κ1) is 17.3. The maximum Gasteiger partial charge on any atom is 0.311 e. The van der Waals surface area contributed by atoms with Crippen LogP contribution in [-0.4, -0.2) is 30.9 Å². The Balaban J connectivity index is 3.87. The average Bonchev–Trinajstić information content (AvgIpc) is 2.33. The highest BCUT2D eigenvalue weighted by Gasteiger charge is 2.27. The second kappa shape index (κ2) is 8.40. The highest BCUT2D eigenvalue weighted by Crippen LogP contribution is 2.21. The van der Waals surface area contributed by atoms with Gasteiger partial charge in [-0.1, -0.05) is 13.8 Å². The van der Waals surface area contributed by atoms with E-state index in [-0.39, 0.29) is 31.1 Å². The van der Waals surface area contributed by atoms with E-state index in [4.69, 9.17) is 9.47 Å². The van der Waals surface area contributed by atoms with Gasteiger partial charge >= 0.3 is 11.9 Å². The molecule has 0 spiro atoms. The number of carbonyl (C=O) groups excluding carboxylic acids is 2. The van der Waals surface area contributed by atoms with E-state index in [1.165, 1.54) is 0 Å². The number of hydrogen-bond donors (Lipinski definition) is 1. The highest BCUT2D eigenvalue weighted by molar-refractivity contribution is 7.80. The fourth-order valence-electron chi connectivity index (χ4n) is 1.00.